The Morgan fingerprint density at radius 2 is 2.00 bits per heavy atom. The van der Waals surface area contributed by atoms with Gasteiger partial charge < -0.3 is 0 Å². The van der Waals surface area contributed by atoms with Gasteiger partial charge in [0.25, 0.3) is 0 Å². The number of aromatic nitrogens is 1. The first-order valence-electron chi connectivity index (χ1n) is 3.50. The number of rotatable bonds is 2. The molecule has 0 bridgehead atoms. The highest BCUT2D eigenvalue weighted by molar-refractivity contribution is 5.60. The van der Waals surface area contributed by atoms with Gasteiger partial charge in [-0.15, -0.1) is 0 Å². The summed E-state index contributed by atoms with van der Waals surface area (Å²) in [4.78, 5) is 4.27. The second-order valence-corrected chi connectivity index (χ2v) is 2.34. The van der Waals surface area contributed by atoms with E-state index in [0.717, 1.165) is 17.0 Å². The Morgan fingerprint density at radius 1 is 1.27 bits per heavy atom. The van der Waals surface area contributed by atoms with E-state index in [2.05, 4.69) is 18.1 Å². The third-order valence-electron chi connectivity index (χ3n) is 1.51. The lowest BCUT2D eigenvalue weighted by atomic mass is 10.2. The maximum atomic E-state index is 4.27. The minimum Gasteiger partial charge on any atom is -0.253 e. The van der Waals surface area contributed by atoms with E-state index in [1.807, 2.05) is 19.1 Å². The molecule has 0 atom stereocenters. The molecular weight excluding hydrogens is 134 g/mol. The van der Waals surface area contributed by atoms with Gasteiger partial charge in [0.1, 0.15) is 0 Å². The Hall–Kier alpha value is -1.37. The van der Waals surface area contributed by atoms with Gasteiger partial charge in [-0.2, -0.15) is 0 Å². The van der Waals surface area contributed by atoms with Gasteiger partial charge in [-0.1, -0.05) is 25.3 Å². The van der Waals surface area contributed by atoms with Crippen molar-refractivity contribution in [2.75, 3.05) is 0 Å². The molecule has 0 aliphatic rings. The fourth-order valence-corrected chi connectivity index (χ4v) is 0.924. The van der Waals surface area contributed by atoms with E-state index in [1.165, 1.54) is 0 Å². The average molecular weight is 145 g/mol. The fraction of sp³-hybridized carbons (Fsp3) is 0.100. The molecule has 0 fully saturated rings. The van der Waals surface area contributed by atoms with Crippen molar-refractivity contribution in [3.8, 4) is 0 Å². The molecule has 0 aliphatic heterocycles. The lowest BCUT2D eigenvalue weighted by Gasteiger charge is -1.99. The number of hydrogen-bond acceptors (Lipinski definition) is 1. The summed E-state index contributed by atoms with van der Waals surface area (Å²) < 4.78 is 0. The highest BCUT2D eigenvalue weighted by atomic mass is 14.7. The first-order valence-corrected chi connectivity index (χ1v) is 3.50. The van der Waals surface area contributed by atoms with Gasteiger partial charge >= 0.3 is 0 Å². The first-order chi connectivity index (χ1) is 5.27. The molecule has 0 radical (unpaired) electrons. The van der Waals surface area contributed by atoms with E-state index in [-0.39, 0.29) is 0 Å². The summed E-state index contributed by atoms with van der Waals surface area (Å²) in [5.41, 5.74) is 2.94. The third-order valence-corrected chi connectivity index (χ3v) is 1.51. The minimum absolute atomic E-state index is 0.903. The molecule has 1 rings (SSSR count). The quantitative estimate of drug-likeness (QED) is 0.623. The molecule has 0 N–H and O–H groups in total. The molecule has 1 nitrogen and oxygen atoms in total. The van der Waals surface area contributed by atoms with E-state index in [4.69, 9.17) is 0 Å². The smallest absolute Gasteiger partial charge is 0.0699 e. The van der Waals surface area contributed by atoms with Crippen molar-refractivity contribution in [1.82, 2.24) is 4.98 Å². The van der Waals surface area contributed by atoms with E-state index in [1.54, 1.807) is 12.2 Å². The molecule has 11 heavy (non-hydrogen) atoms. The largest absolute Gasteiger partial charge is 0.253 e. The van der Waals surface area contributed by atoms with Gasteiger partial charge in [-0.05, 0) is 24.6 Å². The zero-order chi connectivity index (χ0) is 8.27. The van der Waals surface area contributed by atoms with Crippen LogP contribution >= 0.6 is 0 Å². The van der Waals surface area contributed by atoms with Crippen molar-refractivity contribution >= 4 is 12.2 Å². The second-order valence-electron chi connectivity index (χ2n) is 2.34. The Morgan fingerprint density at radius 3 is 2.55 bits per heavy atom. The number of pyridine rings is 1. The molecule has 1 aromatic heterocycles. The van der Waals surface area contributed by atoms with Crippen molar-refractivity contribution in [1.29, 1.82) is 0 Å². The van der Waals surface area contributed by atoms with Crippen LogP contribution in [0.25, 0.3) is 12.2 Å². The lowest BCUT2D eigenvalue weighted by molar-refractivity contribution is 1.17. The van der Waals surface area contributed by atoms with Gasteiger partial charge in [0.2, 0.25) is 0 Å². The normalized spacial score (nSPS) is 9.18. The highest BCUT2D eigenvalue weighted by Crippen LogP contribution is 2.09. The minimum atomic E-state index is 0.903. The molecular formula is C10H11N. The van der Waals surface area contributed by atoms with Crippen LogP contribution in [-0.4, -0.2) is 4.98 Å². The van der Waals surface area contributed by atoms with Crippen LogP contribution in [-0.2, 0) is 0 Å². The van der Waals surface area contributed by atoms with Gasteiger partial charge in [-0.3, -0.25) is 4.98 Å². The summed E-state index contributed by atoms with van der Waals surface area (Å²) in [7, 11) is 0. The molecule has 1 heterocycles. The fourth-order valence-electron chi connectivity index (χ4n) is 0.924. The van der Waals surface area contributed by atoms with Crippen LogP contribution in [0.15, 0.2) is 25.3 Å². The molecule has 0 aromatic carbocycles. The predicted octanol–water partition coefficient (Wildman–Crippen LogP) is 2.68. The van der Waals surface area contributed by atoms with Gasteiger partial charge in [0.05, 0.1) is 5.69 Å². The van der Waals surface area contributed by atoms with Crippen molar-refractivity contribution in [2.24, 2.45) is 0 Å². The summed E-state index contributed by atoms with van der Waals surface area (Å²) in [5, 5.41) is 0. The molecule has 1 aromatic rings. The van der Waals surface area contributed by atoms with Crippen LogP contribution in [0.3, 0.4) is 0 Å². The topological polar surface area (TPSA) is 12.9 Å². The Labute approximate surface area is 67.1 Å². The Bertz CT molecular complexity index is 287. The van der Waals surface area contributed by atoms with Crippen LogP contribution in [0.4, 0.5) is 0 Å². The van der Waals surface area contributed by atoms with Crippen LogP contribution in [0, 0.1) is 6.92 Å². The van der Waals surface area contributed by atoms with Crippen molar-refractivity contribution in [2.45, 2.75) is 6.92 Å². The molecule has 56 valence electrons. The number of nitrogens with zero attached hydrogens (tertiary/aromatic N) is 1. The summed E-state index contributed by atoms with van der Waals surface area (Å²) >= 11 is 0. The van der Waals surface area contributed by atoms with Crippen LogP contribution in [0.2, 0.25) is 0 Å². The highest BCUT2D eigenvalue weighted by Gasteiger charge is 1.95. The predicted molar refractivity (Wildman–Crippen MR) is 49.2 cm³/mol. The molecule has 0 saturated carbocycles. The van der Waals surface area contributed by atoms with Crippen molar-refractivity contribution in [3.63, 3.8) is 0 Å². The zero-order valence-electron chi connectivity index (χ0n) is 6.67. The summed E-state index contributed by atoms with van der Waals surface area (Å²) in [6.07, 6.45) is 3.52. The third kappa shape index (κ3) is 1.55. The van der Waals surface area contributed by atoms with Gasteiger partial charge in [-0.25, -0.2) is 0 Å². The lowest BCUT2D eigenvalue weighted by Crippen LogP contribution is -1.88. The molecule has 0 amide bonds. The van der Waals surface area contributed by atoms with Crippen LogP contribution in [0.1, 0.15) is 17.0 Å². The van der Waals surface area contributed by atoms with Crippen LogP contribution in [0.5, 0.6) is 0 Å². The summed E-state index contributed by atoms with van der Waals surface area (Å²) in [6, 6.07) is 3.95. The second kappa shape index (κ2) is 3.15. The Balaban J connectivity index is 3.26. The number of hydrogen-bond donors (Lipinski definition) is 0. The standard InChI is InChI=1S/C10H11N/c1-4-9-7-6-8(3)11-10(9)5-2/h4-7H,1-2H2,3H3. The van der Waals surface area contributed by atoms with E-state index in [0.29, 0.717) is 0 Å². The zero-order valence-corrected chi connectivity index (χ0v) is 6.67. The molecule has 0 saturated heterocycles. The first kappa shape index (κ1) is 7.73. The average Bonchev–Trinajstić information content (AvgIpc) is 2.04. The van der Waals surface area contributed by atoms with Gasteiger partial charge in [0.15, 0.2) is 0 Å². The molecule has 0 aliphatic carbocycles. The maximum Gasteiger partial charge on any atom is 0.0699 e. The van der Waals surface area contributed by atoms with E-state index >= 15 is 0 Å². The van der Waals surface area contributed by atoms with Crippen molar-refractivity contribution < 1.29 is 0 Å². The summed E-state index contributed by atoms with van der Waals surface area (Å²) in [6.45, 7) is 9.31. The Kier molecular flexibility index (Phi) is 2.21. The van der Waals surface area contributed by atoms with Gasteiger partial charge in [0, 0.05) is 5.69 Å². The molecule has 0 unspecified atom stereocenters. The van der Waals surface area contributed by atoms with E-state index < -0.39 is 0 Å². The SMILES string of the molecule is C=Cc1ccc(C)nc1C=C. The molecule has 0 spiro atoms. The molecule has 1 heteroatoms. The maximum absolute atomic E-state index is 4.27. The number of aryl methyl sites for hydroxylation is 1. The summed E-state index contributed by atoms with van der Waals surface area (Å²) in [5.74, 6) is 0. The van der Waals surface area contributed by atoms with E-state index in [9.17, 15) is 0 Å². The van der Waals surface area contributed by atoms with Crippen LogP contribution < -0.4 is 0 Å². The van der Waals surface area contributed by atoms with Crippen molar-refractivity contribution in [3.05, 3.63) is 42.2 Å². The monoisotopic (exact) mass is 145 g/mol.